The van der Waals surface area contributed by atoms with Crippen LogP contribution in [0.2, 0.25) is 0 Å². The van der Waals surface area contributed by atoms with Gasteiger partial charge in [-0.05, 0) is 38.8 Å². The molecule has 3 N–H and O–H groups in total. The second kappa shape index (κ2) is 5.96. The first kappa shape index (κ1) is 16.0. The molecule has 0 aromatic carbocycles. The number of H-pyrrole nitrogens is 1. The van der Waals surface area contributed by atoms with E-state index in [2.05, 4.69) is 48.5 Å². The minimum atomic E-state index is -0.233. The van der Waals surface area contributed by atoms with E-state index in [1.165, 1.54) is 12.8 Å². The maximum absolute atomic E-state index is 12.0. The number of fused-ring (bicyclic) bond motifs is 1. The molecule has 0 aliphatic carbocycles. The number of nitrogens with zero attached hydrogens (tertiary/aromatic N) is 3. The van der Waals surface area contributed by atoms with Crippen molar-refractivity contribution >= 4 is 11.5 Å². The van der Waals surface area contributed by atoms with Gasteiger partial charge in [0.05, 0.1) is 5.69 Å². The van der Waals surface area contributed by atoms with E-state index in [1.807, 2.05) is 0 Å². The fourth-order valence-electron chi connectivity index (χ4n) is 3.01. The number of piperidine rings is 1. The van der Waals surface area contributed by atoms with E-state index in [9.17, 15) is 4.79 Å². The average molecular weight is 318 g/mol. The van der Waals surface area contributed by atoms with E-state index in [0.29, 0.717) is 17.4 Å². The summed E-state index contributed by atoms with van der Waals surface area (Å²) in [5.41, 5.74) is 1.04. The Morgan fingerprint density at radius 3 is 2.87 bits per heavy atom. The fraction of sp³-hybridized carbons (Fsp3) is 0.688. The average Bonchev–Trinajstić information content (AvgIpc) is 2.89. The van der Waals surface area contributed by atoms with Crippen molar-refractivity contribution in [3.8, 4) is 0 Å². The predicted octanol–water partition coefficient (Wildman–Crippen LogP) is 1.52. The van der Waals surface area contributed by atoms with Gasteiger partial charge in [0.15, 0.2) is 5.82 Å². The van der Waals surface area contributed by atoms with Crippen LogP contribution in [-0.4, -0.2) is 38.7 Å². The summed E-state index contributed by atoms with van der Waals surface area (Å²) in [7, 11) is 0. The summed E-state index contributed by atoms with van der Waals surface area (Å²) in [6.07, 6.45) is 4.17. The van der Waals surface area contributed by atoms with Crippen LogP contribution in [0.5, 0.6) is 0 Å². The standard InChI is InChI=1S/C16H26N6O/c1-10(11-6-5-7-17-8-11)18-13-14-20-21-15(23)22(14)9-12(19-13)16(2,3)4/h9-11,17H,5-8H2,1-4H3,(H,18,19)(H,21,23). The molecule has 0 radical (unpaired) electrons. The molecule has 23 heavy (non-hydrogen) atoms. The number of aromatic nitrogens is 4. The first-order valence-corrected chi connectivity index (χ1v) is 8.32. The molecule has 126 valence electrons. The van der Waals surface area contributed by atoms with Gasteiger partial charge in [-0.1, -0.05) is 20.8 Å². The minimum absolute atomic E-state index is 0.142. The Hall–Kier alpha value is -1.89. The molecule has 0 amide bonds. The van der Waals surface area contributed by atoms with Crippen LogP contribution in [0.15, 0.2) is 11.0 Å². The van der Waals surface area contributed by atoms with E-state index in [4.69, 9.17) is 4.98 Å². The zero-order valence-corrected chi connectivity index (χ0v) is 14.3. The molecule has 2 aromatic rings. The van der Waals surface area contributed by atoms with Gasteiger partial charge in [0.25, 0.3) is 0 Å². The molecule has 0 spiro atoms. The number of rotatable bonds is 3. The van der Waals surface area contributed by atoms with E-state index in [0.717, 1.165) is 18.8 Å². The fourth-order valence-corrected chi connectivity index (χ4v) is 3.01. The molecule has 1 aliphatic rings. The molecule has 1 fully saturated rings. The number of aromatic amines is 1. The number of anilines is 1. The van der Waals surface area contributed by atoms with Gasteiger partial charge in [-0.25, -0.2) is 19.3 Å². The molecule has 2 unspecified atom stereocenters. The quantitative estimate of drug-likeness (QED) is 0.798. The highest BCUT2D eigenvalue weighted by Gasteiger charge is 2.24. The molecule has 2 aromatic heterocycles. The lowest BCUT2D eigenvalue weighted by molar-refractivity contribution is 0.346. The second-order valence-electron chi connectivity index (χ2n) is 7.49. The summed E-state index contributed by atoms with van der Waals surface area (Å²) in [6.45, 7) is 10.5. The summed E-state index contributed by atoms with van der Waals surface area (Å²) in [5.74, 6) is 1.23. The third-order valence-electron chi connectivity index (χ3n) is 4.57. The SMILES string of the molecule is CC(Nc1nc(C(C)(C)C)cn2c(=O)[nH]nc12)C1CCCNC1. The summed E-state index contributed by atoms with van der Waals surface area (Å²) in [6, 6.07) is 0.265. The Morgan fingerprint density at radius 1 is 1.43 bits per heavy atom. The molecule has 0 bridgehead atoms. The maximum atomic E-state index is 12.0. The topological polar surface area (TPSA) is 87.1 Å². The highest BCUT2D eigenvalue weighted by Crippen LogP contribution is 2.24. The van der Waals surface area contributed by atoms with Crippen molar-refractivity contribution in [1.29, 1.82) is 0 Å². The van der Waals surface area contributed by atoms with E-state index < -0.39 is 0 Å². The summed E-state index contributed by atoms with van der Waals surface area (Å²) in [4.78, 5) is 16.7. The van der Waals surface area contributed by atoms with Crippen molar-refractivity contribution in [1.82, 2.24) is 24.9 Å². The van der Waals surface area contributed by atoms with Crippen LogP contribution in [0.3, 0.4) is 0 Å². The zero-order valence-electron chi connectivity index (χ0n) is 14.3. The van der Waals surface area contributed by atoms with Crippen LogP contribution >= 0.6 is 0 Å². The lowest BCUT2D eigenvalue weighted by atomic mass is 9.92. The van der Waals surface area contributed by atoms with Crippen LogP contribution < -0.4 is 16.3 Å². The summed E-state index contributed by atoms with van der Waals surface area (Å²) in [5, 5.41) is 13.6. The normalized spacial score (nSPS) is 20.6. The summed E-state index contributed by atoms with van der Waals surface area (Å²) >= 11 is 0. The summed E-state index contributed by atoms with van der Waals surface area (Å²) < 4.78 is 1.54. The molecular weight excluding hydrogens is 292 g/mol. The van der Waals surface area contributed by atoms with Gasteiger partial charge in [0.2, 0.25) is 5.65 Å². The molecule has 0 saturated carbocycles. The number of hydrogen-bond donors (Lipinski definition) is 3. The van der Waals surface area contributed by atoms with Crippen molar-refractivity contribution < 1.29 is 0 Å². The smallest absolute Gasteiger partial charge is 0.347 e. The van der Waals surface area contributed by atoms with E-state index >= 15 is 0 Å². The molecule has 7 nitrogen and oxygen atoms in total. The largest absolute Gasteiger partial charge is 0.364 e. The Balaban J connectivity index is 1.96. The van der Waals surface area contributed by atoms with Gasteiger partial charge in [0.1, 0.15) is 0 Å². The van der Waals surface area contributed by atoms with Gasteiger partial charge < -0.3 is 10.6 Å². The van der Waals surface area contributed by atoms with Crippen LogP contribution in [0.4, 0.5) is 5.82 Å². The third kappa shape index (κ3) is 3.24. The van der Waals surface area contributed by atoms with Crippen LogP contribution in [-0.2, 0) is 5.41 Å². The highest BCUT2D eigenvalue weighted by molar-refractivity contribution is 5.62. The molecule has 1 aliphatic heterocycles. The highest BCUT2D eigenvalue weighted by atomic mass is 16.1. The number of hydrogen-bond acceptors (Lipinski definition) is 5. The second-order valence-corrected chi connectivity index (χ2v) is 7.49. The Kier molecular flexibility index (Phi) is 4.14. The van der Waals surface area contributed by atoms with Gasteiger partial charge in [0, 0.05) is 17.7 Å². The van der Waals surface area contributed by atoms with Gasteiger partial charge in [-0.3, -0.25) is 0 Å². The maximum Gasteiger partial charge on any atom is 0.347 e. The Bertz CT molecular complexity index is 735. The van der Waals surface area contributed by atoms with Gasteiger partial charge in [-0.15, -0.1) is 5.10 Å². The molecular formula is C16H26N6O. The Labute approximate surface area is 135 Å². The first-order chi connectivity index (χ1) is 10.9. The van der Waals surface area contributed by atoms with Crippen molar-refractivity contribution in [2.45, 2.75) is 52.0 Å². The van der Waals surface area contributed by atoms with Crippen molar-refractivity contribution in [3.63, 3.8) is 0 Å². The van der Waals surface area contributed by atoms with Crippen molar-refractivity contribution in [2.24, 2.45) is 5.92 Å². The zero-order chi connectivity index (χ0) is 16.6. The van der Waals surface area contributed by atoms with Crippen molar-refractivity contribution in [2.75, 3.05) is 18.4 Å². The molecule has 2 atom stereocenters. The third-order valence-corrected chi connectivity index (χ3v) is 4.57. The van der Waals surface area contributed by atoms with Gasteiger partial charge in [-0.2, -0.15) is 0 Å². The predicted molar refractivity (Wildman–Crippen MR) is 91.0 cm³/mol. The van der Waals surface area contributed by atoms with Gasteiger partial charge >= 0.3 is 5.69 Å². The van der Waals surface area contributed by atoms with Crippen molar-refractivity contribution in [3.05, 3.63) is 22.4 Å². The Morgan fingerprint density at radius 2 is 2.22 bits per heavy atom. The van der Waals surface area contributed by atoms with E-state index in [1.54, 1.807) is 10.6 Å². The monoisotopic (exact) mass is 318 g/mol. The lowest BCUT2D eigenvalue weighted by Gasteiger charge is -2.29. The van der Waals surface area contributed by atoms with Crippen LogP contribution in [0, 0.1) is 5.92 Å². The molecule has 3 heterocycles. The van der Waals surface area contributed by atoms with Crippen LogP contribution in [0.1, 0.15) is 46.2 Å². The number of nitrogens with one attached hydrogen (secondary N) is 3. The molecule has 3 rings (SSSR count). The first-order valence-electron chi connectivity index (χ1n) is 8.32. The lowest BCUT2D eigenvalue weighted by Crippen LogP contribution is -2.39. The van der Waals surface area contributed by atoms with Crippen LogP contribution in [0.25, 0.3) is 5.65 Å². The minimum Gasteiger partial charge on any atom is -0.364 e. The van der Waals surface area contributed by atoms with E-state index in [-0.39, 0.29) is 17.1 Å². The molecule has 1 saturated heterocycles. The molecule has 7 heteroatoms.